The van der Waals surface area contributed by atoms with E-state index in [4.69, 9.17) is 28.2 Å². The Hall–Kier alpha value is -0.380. The van der Waals surface area contributed by atoms with Crippen molar-refractivity contribution >= 4 is 45.8 Å². The monoisotopic (exact) mass is 356 g/mol. The Morgan fingerprint density at radius 1 is 1.14 bits per heavy atom. The summed E-state index contributed by atoms with van der Waals surface area (Å²) < 4.78 is 0.185. The second-order valence-electron chi connectivity index (χ2n) is 6.75. The molecule has 1 aromatic carbocycles. The third kappa shape index (κ3) is 3.58. The molecule has 5 heteroatoms. The molecule has 3 rings (SSSR count). The maximum atomic E-state index is 6.29. The molecule has 2 nitrogen and oxygen atoms in total. The van der Waals surface area contributed by atoms with E-state index < -0.39 is 0 Å². The van der Waals surface area contributed by atoms with Gasteiger partial charge in [0.1, 0.15) is 5.69 Å². The highest BCUT2D eigenvalue weighted by atomic mass is 35.5. The van der Waals surface area contributed by atoms with Gasteiger partial charge in [0.25, 0.3) is 0 Å². The van der Waals surface area contributed by atoms with E-state index in [1.165, 1.54) is 32.1 Å². The van der Waals surface area contributed by atoms with Gasteiger partial charge in [-0.2, -0.15) is 0 Å². The van der Waals surface area contributed by atoms with E-state index in [0.717, 1.165) is 11.7 Å². The first-order valence-corrected chi connectivity index (χ1v) is 9.52. The lowest BCUT2D eigenvalue weighted by molar-refractivity contribution is 0.243. The van der Waals surface area contributed by atoms with E-state index in [9.17, 15) is 0 Å². The zero-order valence-electron chi connectivity index (χ0n) is 13.1. The minimum atomic E-state index is 0.185. The minimum absolute atomic E-state index is 0.185. The fourth-order valence-electron chi connectivity index (χ4n) is 3.27. The van der Waals surface area contributed by atoms with Gasteiger partial charge in [-0.15, -0.1) is 0 Å². The quantitative estimate of drug-likeness (QED) is 0.632. The number of rotatable bonds is 2. The van der Waals surface area contributed by atoms with Crippen LogP contribution in [0.5, 0.6) is 0 Å². The molecule has 0 N–H and O–H groups in total. The average Bonchev–Trinajstić information content (AvgIpc) is 2.79. The fourth-order valence-corrected chi connectivity index (χ4v) is 4.92. The zero-order chi connectivity index (χ0) is 15.7. The molecule has 1 saturated heterocycles. The van der Waals surface area contributed by atoms with Gasteiger partial charge in [0, 0.05) is 17.3 Å². The summed E-state index contributed by atoms with van der Waals surface area (Å²) in [7, 11) is 0. The van der Waals surface area contributed by atoms with Crippen LogP contribution in [0.15, 0.2) is 23.2 Å². The molecule has 2 fully saturated rings. The van der Waals surface area contributed by atoms with Crippen LogP contribution < -0.4 is 0 Å². The van der Waals surface area contributed by atoms with Crippen molar-refractivity contribution in [1.82, 2.24) is 4.90 Å². The Balaban J connectivity index is 1.93. The zero-order valence-corrected chi connectivity index (χ0v) is 15.4. The van der Waals surface area contributed by atoms with Gasteiger partial charge in [0.05, 0.1) is 10.0 Å². The smallest absolute Gasteiger partial charge is 0.165 e. The van der Waals surface area contributed by atoms with Gasteiger partial charge >= 0.3 is 0 Å². The van der Waals surface area contributed by atoms with Gasteiger partial charge in [-0.3, -0.25) is 0 Å². The number of hydrogen-bond acceptors (Lipinski definition) is 2. The standard InChI is InChI=1S/C17H22Cl2N2S/c1-17(2)11-21(12-7-4-3-5-8-12)16(22-17)20-15-13(18)9-6-10-14(15)19/h6,9-10,12H,3-5,7-8,11H2,1-2H3/b20-16-. The van der Waals surface area contributed by atoms with Gasteiger partial charge in [0.2, 0.25) is 0 Å². The Morgan fingerprint density at radius 3 is 2.41 bits per heavy atom. The van der Waals surface area contributed by atoms with Crippen molar-refractivity contribution in [3.8, 4) is 0 Å². The molecule has 0 radical (unpaired) electrons. The summed E-state index contributed by atoms with van der Waals surface area (Å²) in [6.45, 7) is 5.61. The Morgan fingerprint density at radius 2 is 1.77 bits per heavy atom. The van der Waals surface area contributed by atoms with Crippen LogP contribution in [0.3, 0.4) is 0 Å². The fraction of sp³-hybridized carbons (Fsp3) is 0.588. The van der Waals surface area contributed by atoms with Crippen LogP contribution in [-0.4, -0.2) is 27.4 Å². The molecule has 1 aliphatic heterocycles. The molecule has 0 spiro atoms. The molecule has 1 saturated carbocycles. The maximum Gasteiger partial charge on any atom is 0.165 e. The van der Waals surface area contributed by atoms with Crippen LogP contribution in [0.1, 0.15) is 46.0 Å². The number of para-hydroxylation sites is 1. The van der Waals surface area contributed by atoms with Crippen molar-refractivity contribution in [3.05, 3.63) is 28.2 Å². The molecule has 0 atom stereocenters. The summed E-state index contributed by atoms with van der Waals surface area (Å²) in [6.07, 6.45) is 6.56. The maximum absolute atomic E-state index is 6.29. The first kappa shape index (κ1) is 16.5. The van der Waals surface area contributed by atoms with E-state index >= 15 is 0 Å². The number of nitrogens with zero attached hydrogens (tertiary/aromatic N) is 2. The van der Waals surface area contributed by atoms with E-state index in [0.29, 0.717) is 21.8 Å². The lowest BCUT2D eigenvalue weighted by Crippen LogP contribution is -2.39. The first-order valence-electron chi connectivity index (χ1n) is 7.95. The lowest BCUT2D eigenvalue weighted by atomic mass is 9.94. The number of amidine groups is 1. The Labute approximate surface area is 147 Å². The number of benzene rings is 1. The third-order valence-corrected chi connectivity index (χ3v) is 6.12. The van der Waals surface area contributed by atoms with E-state index in [1.54, 1.807) is 0 Å². The summed E-state index contributed by atoms with van der Waals surface area (Å²) in [4.78, 5) is 7.34. The van der Waals surface area contributed by atoms with Crippen LogP contribution in [0, 0.1) is 0 Å². The third-order valence-electron chi connectivity index (χ3n) is 4.32. The predicted octanol–water partition coefficient (Wildman–Crippen LogP) is 6.14. The molecule has 22 heavy (non-hydrogen) atoms. The summed E-state index contributed by atoms with van der Waals surface area (Å²) in [6, 6.07) is 6.17. The largest absolute Gasteiger partial charge is 0.347 e. The summed E-state index contributed by atoms with van der Waals surface area (Å²) in [5, 5.41) is 2.31. The number of hydrogen-bond donors (Lipinski definition) is 0. The molecule has 120 valence electrons. The molecule has 1 heterocycles. The summed E-state index contributed by atoms with van der Waals surface area (Å²) in [5.41, 5.74) is 0.701. The molecule has 0 unspecified atom stereocenters. The van der Waals surface area contributed by atoms with Crippen molar-refractivity contribution in [2.45, 2.75) is 56.7 Å². The SMILES string of the molecule is CC1(C)CN(C2CCCCC2)/C(=N/c2c(Cl)cccc2Cl)S1. The van der Waals surface area contributed by atoms with Crippen LogP contribution in [0.25, 0.3) is 0 Å². The highest BCUT2D eigenvalue weighted by Crippen LogP contribution is 2.42. The van der Waals surface area contributed by atoms with Crippen LogP contribution in [0.2, 0.25) is 10.0 Å². The van der Waals surface area contributed by atoms with Crippen molar-refractivity contribution in [2.24, 2.45) is 4.99 Å². The number of thioether (sulfide) groups is 1. The average molecular weight is 357 g/mol. The molecule has 0 aromatic heterocycles. The van der Waals surface area contributed by atoms with Crippen molar-refractivity contribution in [1.29, 1.82) is 0 Å². The lowest BCUT2D eigenvalue weighted by Gasteiger charge is -2.33. The second kappa shape index (κ2) is 6.62. The van der Waals surface area contributed by atoms with Gasteiger partial charge in [-0.05, 0) is 38.8 Å². The molecule has 0 amide bonds. The normalized spacial score (nSPS) is 24.2. The molecular weight excluding hydrogens is 335 g/mol. The van der Waals surface area contributed by atoms with Gasteiger partial charge in [0.15, 0.2) is 5.17 Å². The van der Waals surface area contributed by atoms with Crippen molar-refractivity contribution in [2.75, 3.05) is 6.54 Å². The first-order chi connectivity index (χ1) is 10.5. The van der Waals surface area contributed by atoms with E-state index in [2.05, 4.69) is 18.7 Å². The molecule has 1 aromatic rings. The molecule has 0 bridgehead atoms. The van der Waals surface area contributed by atoms with Crippen LogP contribution in [0.4, 0.5) is 5.69 Å². The highest BCUT2D eigenvalue weighted by molar-refractivity contribution is 8.15. The van der Waals surface area contributed by atoms with E-state index in [1.807, 2.05) is 30.0 Å². The Kier molecular flexibility index (Phi) is 4.96. The number of aliphatic imine (C=N–C) groups is 1. The van der Waals surface area contributed by atoms with Gasteiger partial charge in [-0.1, -0.05) is 60.3 Å². The molecular formula is C17H22Cl2N2S. The topological polar surface area (TPSA) is 15.6 Å². The van der Waals surface area contributed by atoms with Crippen molar-refractivity contribution in [3.63, 3.8) is 0 Å². The van der Waals surface area contributed by atoms with Crippen LogP contribution in [-0.2, 0) is 0 Å². The minimum Gasteiger partial charge on any atom is -0.347 e. The summed E-state index contributed by atoms with van der Waals surface area (Å²) >= 11 is 14.4. The predicted molar refractivity (Wildman–Crippen MR) is 98.8 cm³/mol. The molecule has 1 aliphatic carbocycles. The number of halogens is 2. The van der Waals surface area contributed by atoms with Crippen molar-refractivity contribution < 1.29 is 0 Å². The molecule has 2 aliphatic rings. The van der Waals surface area contributed by atoms with E-state index in [-0.39, 0.29) is 4.75 Å². The van der Waals surface area contributed by atoms with Crippen LogP contribution >= 0.6 is 35.0 Å². The second-order valence-corrected chi connectivity index (χ2v) is 9.23. The Bertz CT molecular complexity index is 560. The van der Waals surface area contributed by atoms with Gasteiger partial charge in [-0.25, -0.2) is 4.99 Å². The summed E-state index contributed by atoms with van der Waals surface area (Å²) in [5.74, 6) is 0. The van der Waals surface area contributed by atoms with Gasteiger partial charge < -0.3 is 4.90 Å². The highest BCUT2D eigenvalue weighted by Gasteiger charge is 2.39.